The number of nitrogens with zero attached hydrogens (tertiary/aromatic N) is 2. The van der Waals surface area contributed by atoms with Crippen molar-refractivity contribution in [1.29, 1.82) is 0 Å². The third-order valence-electron chi connectivity index (χ3n) is 2.94. The molecule has 3 heterocycles. The number of aromatic amines is 1. The van der Waals surface area contributed by atoms with E-state index in [1.54, 1.807) is 0 Å². The van der Waals surface area contributed by atoms with Crippen molar-refractivity contribution in [3.05, 3.63) is 29.6 Å². The monoisotopic (exact) mass is 187 g/mol. The topological polar surface area (TPSA) is 31.9 Å². The highest BCUT2D eigenvalue weighted by molar-refractivity contribution is 5.81. The summed E-state index contributed by atoms with van der Waals surface area (Å²) in [6, 6.07) is 4.16. The molecule has 2 aromatic heterocycles. The fourth-order valence-corrected chi connectivity index (χ4v) is 2.20. The van der Waals surface area contributed by atoms with E-state index >= 15 is 0 Å². The highest BCUT2D eigenvalue weighted by Gasteiger charge is 2.17. The Balaban J connectivity index is 2.24. The lowest BCUT2D eigenvalue weighted by Crippen LogP contribution is -2.26. The number of aromatic nitrogens is 2. The van der Waals surface area contributed by atoms with Gasteiger partial charge in [0.05, 0.1) is 0 Å². The predicted octanol–water partition coefficient (Wildman–Crippen LogP) is 1.55. The van der Waals surface area contributed by atoms with E-state index in [1.807, 2.05) is 12.3 Å². The van der Waals surface area contributed by atoms with E-state index in [0.717, 1.165) is 25.2 Å². The number of fused-ring (bicyclic) bond motifs is 3. The second kappa shape index (κ2) is 2.82. The van der Waals surface area contributed by atoms with Crippen LogP contribution in [-0.4, -0.2) is 28.5 Å². The first-order valence-corrected chi connectivity index (χ1v) is 4.97. The SMILES string of the molecule is CN1CCc2c([nH]c3ncccc23)C1. The van der Waals surface area contributed by atoms with E-state index in [2.05, 4.69) is 28.0 Å². The lowest BCUT2D eigenvalue weighted by molar-refractivity contribution is 0.310. The van der Waals surface area contributed by atoms with Crippen molar-refractivity contribution in [2.45, 2.75) is 13.0 Å². The van der Waals surface area contributed by atoms with Crippen molar-refractivity contribution >= 4 is 11.0 Å². The maximum absolute atomic E-state index is 4.34. The fraction of sp³-hybridized carbons (Fsp3) is 0.364. The Morgan fingerprint density at radius 1 is 1.50 bits per heavy atom. The molecule has 2 aromatic rings. The van der Waals surface area contributed by atoms with Gasteiger partial charge in [0, 0.05) is 30.4 Å². The Morgan fingerprint density at radius 2 is 2.43 bits per heavy atom. The van der Waals surface area contributed by atoms with Crippen LogP contribution in [0.1, 0.15) is 11.3 Å². The minimum atomic E-state index is 1.02. The quantitative estimate of drug-likeness (QED) is 0.678. The third kappa shape index (κ3) is 1.06. The van der Waals surface area contributed by atoms with Crippen LogP contribution >= 0.6 is 0 Å². The standard InChI is InChI=1S/C11H13N3/c1-14-6-4-8-9-3-2-5-12-11(9)13-10(8)7-14/h2-3,5H,4,6-7H2,1H3,(H,12,13). The van der Waals surface area contributed by atoms with Gasteiger partial charge in [-0.3, -0.25) is 0 Å². The molecule has 0 atom stereocenters. The Morgan fingerprint density at radius 3 is 3.36 bits per heavy atom. The van der Waals surface area contributed by atoms with Crippen LogP contribution in [0.5, 0.6) is 0 Å². The normalized spacial score (nSPS) is 17.2. The second-order valence-corrected chi connectivity index (χ2v) is 3.97. The van der Waals surface area contributed by atoms with Gasteiger partial charge in [0.1, 0.15) is 5.65 Å². The van der Waals surface area contributed by atoms with Gasteiger partial charge in [-0.25, -0.2) is 4.98 Å². The molecule has 1 aliphatic rings. The molecule has 0 aromatic carbocycles. The average Bonchev–Trinajstić information content (AvgIpc) is 2.54. The van der Waals surface area contributed by atoms with Crippen LogP contribution in [0, 0.1) is 0 Å². The first-order chi connectivity index (χ1) is 6.84. The number of hydrogen-bond donors (Lipinski definition) is 1. The number of nitrogens with one attached hydrogen (secondary N) is 1. The summed E-state index contributed by atoms with van der Waals surface area (Å²) in [6.45, 7) is 2.17. The summed E-state index contributed by atoms with van der Waals surface area (Å²) in [7, 11) is 2.15. The van der Waals surface area contributed by atoms with Crippen molar-refractivity contribution < 1.29 is 0 Å². The number of hydrogen-bond acceptors (Lipinski definition) is 2. The minimum absolute atomic E-state index is 1.02. The summed E-state index contributed by atoms with van der Waals surface area (Å²) in [5.41, 5.74) is 3.84. The van der Waals surface area contributed by atoms with Gasteiger partial charge in [0.25, 0.3) is 0 Å². The van der Waals surface area contributed by atoms with Gasteiger partial charge < -0.3 is 9.88 Å². The van der Waals surface area contributed by atoms with Crippen molar-refractivity contribution in [1.82, 2.24) is 14.9 Å². The van der Waals surface area contributed by atoms with Gasteiger partial charge in [-0.05, 0) is 31.2 Å². The molecule has 72 valence electrons. The van der Waals surface area contributed by atoms with Crippen LogP contribution in [0.3, 0.4) is 0 Å². The van der Waals surface area contributed by atoms with E-state index in [4.69, 9.17) is 0 Å². The first-order valence-electron chi connectivity index (χ1n) is 4.97. The number of rotatable bonds is 0. The zero-order valence-electron chi connectivity index (χ0n) is 8.25. The van der Waals surface area contributed by atoms with Crippen molar-refractivity contribution in [3.8, 4) is 0 Å². The van der Waals surface area contributed by atoms with Crippen molar-refractivity contribution in [2.75, 3.05) is 13.6 Å². The molecule has 3 nitrogen and oxygen atoms in total. The Bertz CT molecular complexity index is 472. The summed E-state index contributed by atoms with van der Waals surface area (Å²) in [4.78, 5) is 10.1. The highest BCUT2D eigenvalue weighted by Crippen LogP contribution is 2.25. The molecule has 0 saturated heterocycles. The minimum Gasteiger partial charge on any atom is -0.342 e. The van der Waals surface area contributed by atoms with Gasteiger partial charge >= 0.3 is 0 Å². The number of H-pyrrole nitrogens is 1. The van der Waals surface area contributed by atoms with Crippen LogP contribution in [0.4, 0.5) is 0 Å². The molecule has 0 amide bonds. The maximum Gasteiger partial charge on any atom is 0.137 e. The Labute approximate surface area is 82.8 Å². The average molecular weight is 187 g/mol. The van der Waals surface area contributed by atoms with E-state index < -0.39 is 0 Å². The Kier molecular flexibility index (Phi) is 1.61. The van der Waals surface area contributed by atoms with Crippen molar-refractivity contribution in [3.63, 3.8) is 0 Å². The molecule has 3 rings (SSSR count). The lowest BCUT2D eigenvalue weighted by Gasteiger charge is -2.21. The zero-order valence-corrected chi connectivity index (χ0v) is 8.25. The number of likely N-dealkylation sites (N-methyl/N-ethyl adjacent to an activating group) is 1. The predicted molar refractivity (Wildman–Crippen MR) is 56.1 cm³/mol. The summed E-state index contributed by atoms with van der Waals surface area (Å²) >= 11 is 0. The number of pyridine rings is 1. The first kappa shape index (κ1) is 8.00. The molecule has 0 bridgehead atoms. The smallest absolute Gasteiger partial charge is 0.137 e. The highest BCUT2D eigenvalue weighted by atomic mass is 15.1. The fourth-order valence-electron chi connectivity index (χ4n) is 2.20. The molecule has 14 heavy (non-hydrogen) atoms. The molecule has 0 unspecified atom stereocenters. The summed E-state index contributed by atoms with van der Waals surface area (Å²) in [5.74, 6) is 0. The van der Waals surface area contributed by atoms with E-state index in [0.29, 0.717) is 0 Å². The molecule has 0 spiro atoms. The van der Waals surface area contributed by atoms with Crippen LogP contribution in [-0.2, 0) is 13.0 Å². The molecule has 0 saturated carbocycles. The summed E-state index contributed by atoms with van der Waals surface area (Å²) in [6.07, 6.45) is 2.98. The van der Waals surface area contributed by atoms with E-state index in [9.17, 15) is 0 Å². The zero-order chi connectivity index (χ0) is 9.54. The van der Waals surface area contributed by atoms with Gasteiger partial charge in [-0.2, -0.15) is 0 Å². The Hall–Kier alpha value is -1.35. The third-order valence-corrected chi connectivity index (χ3v) is 2.94. The second-order valence-electron chi connectivity index (χ2n) is 3.97. The van der Waals surface area contributed by atoms with Gasteiger partial charge in [0.2, 0.25) is 0 Å². The lowest BCUT2D eigenvalue weighted by atomic mass is 10.1. The molecule has 0 fully saturated rings. The molecule has 3 heteroatoms. The van der Waals surface area contributed by atoms with Gasteiger partial charge in [-0.1, -0.05) is 0 Å². The van der Waals surface area contributed by atoms with Crippen LogP contribution in [0.2, 0.25) is 0 Å². The van der Waals surface area contributed by atoms with E-state index in [-0.39, 0.29) is 0 Å². The summed E-state index contributed by atoms with van der Waals surface area (Å²) in [5, 5.41) is 1.30. The molecule has 0 radical (unpaired) electrons. The van der Waals surface area contributed by atoms with E-state index in [1.165, 1.54) is 16.6 Å². The van der Waals surface area contributed by atoms with Crippen LogP contribution in [0.25, 0.3) is 11.0 Å². The van der Waals surface area contributed by atoms with Crippen LogP contribution < -0.4 is 0 Å². The van der Waals surface area contributed by atoms with Gasteiger partial charge in [0.15, 0.2) is 0 Å². The molecule has 1 aliphatic heterocycles. The largest absolute Gasteiger partial charge is 0.342 e. The maximum atomic E-state index is 4.34. The van der Waals surface area contributed by atoms with Gasteiger partial charge in [-0.15, -0.1) is 0 Å². The van der Waals surface area contributed by atoms with Crippen molar-refractivity contribution in [2.24, 2.45) is 0 Å². The molecule has 0 aliphatic carbocycles. The van der Waals surface area contributed by atoms with Crippen LogP contribution in [0.15, 0.2) is 18.3 Å². The molecular formula is C11H13N3. The molecular weight excluding hydrogens is 174 g/mol. The summed E-state index contributed by atoms with van der Waals surface area (Å²) < 4.78 is 0. The molecule has 1 N–H and O–H groups in total.